The summed E-state index contributed by atoms with van der Waals surface area (Å²) in [5.74, 6) is -1.42. The molecular formula is C22H25ClN4O4. The number of imide groups is 1. The maximum atomic E-state index is 12.0. The van der Waals surface area contributed by atoms with Gasteiger partial charge in [-0.05, 0) is 38.0 Å². The topological polar surface area (TPSA) is 102 Å². The van der Waals surface area contributed by atoms with Crippen LogP contribution in [0.1, 0.15) is 43.4 Å². The van der Waals surface area contributed by atoms with Gasteiger partial charge in [-0.15, -0.1) is 0 Å². The smallest absolute Gasteiger partial charge is 0.331 e. The summed E-state index contributed by atoms with van der Waals surface area (Å²) in [6.07, 6.45) is 7.77. The Bertz CT molecular complexity index is 965. The number of urea groups is 1. The zero-order valence-corrected chi connectivity index (χ0v) is 18.0. The summed E-state index contributed by atoms with van der Waals surface area (Å²) in [5, 5.41) is 9.67. The van der Waals surface area contributed by atoms with Gasteiger partial charge in [0.05, 0.1) is 11.4 Å². The molecule has 1 heterocycles. The van der Waals surface area contributed by atoms with Gasteiger partial charge in [-0.25, -0.2) is 14.3 Å². The molecule has 3 amide bonds. The monoisotopic (exact) mass is 444 g/mol. The molecule has 3 rings (SSSR count). The molecule has 164 valence electrons. The van der Waals surface area contributed by atoms with E-state index >= 15 is 0 Å². The summed E-state index contributed by atoms with van der Waals surface area (Å²) < 4.78 is 6.47. The number of nitrogens with one attached hydrogen (secondary N) is 2. The van der Waals surface area contributed by atoms with Crippen molar-refractivity contribution in [2.45, 2.75) is 45.1 Å². The van der Waals surface area contributed by atoms with Crippen molar-refractivity contribution in [1.82, 2.24) is 20.4 Å². The normalized spacial score (nSPS) is 14.4. The van der Waals surface area contributed by atoms with Gasteiger partial charge in [0.1, 0.15) is 5.15 Å². The number of carbonyl (C=O) groups excluding carboxylic acids is 3. The molecular weight excluding hydrogens is 420 g/mol. The molecule has 1 aliphatic carbocycles. The van der Waals surface area contributed by atoms with E-state index < -0.39 is 24.5 Å². The van der Waals surface area contributed by atoms with Gasteiger partial charge < -0.3 is 10.1 Å². The molecule has 1 aromatic heterocycles. The highest BCUT2D eigenvalue weighted by Gasteiger charge is 2.17. The largest absolute Gasteiger partial charge is 0.452 e. The van der Waals surface area contributed by atoms with Crippen molar-refractivity contribution in [3.05, 3.63) is 52.8 Å². The molecule has 9 heteroatoms. The SMILES string of the molecule is Cc1nn(-c2ccccc2)c(Cl)c1/C=C/C(=O)OCC(=O)NC(=O)NC1CCCCC1. The molecule has 1 aliphatic rings. The van der Waals surface area contributed by atoms with Crippen LogP contribution in [0.25, 0.3) is 11.8 Å². The molecule has 0 atom stereocenters. The summed E-state index contributed by atoms with van der Waals surface area (Å²) >= 11 is 6.40. The van der Waals surface area contributed by atoms with Gasteiger partial charge in [-0.3, -0.25) is 10.1 Å². The zero-order valence-electron chi connectivity index (χ0n) is 17.3. The number of esters is 1. The van der Waals surface area contributed by atoms with E-state index in [1.54, 1.807) is 11.6 Å². The highest BCUT2D eigenvalue weighted by atomic mass is 35.5. The second kappa shape index (κ2) is 10.8. The van der Waals surface area contributed by atoms with Crippen molar-refractivity contribution in [2.75, 3.05) is 6.61 Å². The number of aryl methyl sites for hydroxylation is 1. The Kier molecular flexibility index (Phi) is 7.83. The zero-order chi connectivity index (χ0) is 22.2. The molecule has 1 fully saturated rings. The molecule has 2 N–H and O–H groups in total. The van der Waals surface area contributed by atoms with E-state index in [1.165, 1.54) is 18.6 Å². The molecule has 0 spiro atoms. The van der Waals surface area contributed by atoms with E-state index in [-0.39, 0.29) is 6.04 Å². The van der Waals surface area contributed by atoms with E-state index in [0.717, 1.165) is 31.4 Å². The lowest BCUT2D eigenvalue weighted by molar-refractivity contribution is -0.143. The van der Waals surface area contributed by atoms with Crippen molar-refractivity contribution >= 4 is 35.6 Å². The van der Waals surface area contributed by atoms with Crippen LogP contribution in [0.3, 0.4) is 0 Å². The molecule has 0 radical (unpaired) electrons. The molecule has 1 saturated carbocycles. The number of rotatable bonds is 6. The Morgan fingerprint density at radius 2 is 1.90 bits per heavy atom. The van der Waals surface area contributed by atoms with Crippen LogP contribution < -0.4 is 10.6 Å². The number of hydrogen-bond acceptors (Lipinski definition) is 5. The number of amides is 3. The van der Waals surface area contributed by atoms with E-state index in [0.29, 0.717) is 16.4 Å². The first-order valence-electron chi connectivity index (χ1n) is 10.2. The standard InChI is InChI=1S/C22H25ClN4O4/c1-15-18(21(23)27(26-15)17-10-6-3-7-11-17)12-13-20(29)31-14-19(28)25-22(30)24-16-8-4-2-5-9-16/h3,6-7,10-13,16H,2,4-5,8-9,14H2,1H3,(H2,24,25,28,30)/b13-12+. The first kappa shape index (κ1) is 22.6. The fourth-order valence-electron chi connectivity index (χ4n) is 3.41. The minimum atomic E-state index is -0.731. The highest BCUT2D eigenvalue weighted by Crippen LogP contribution is 2.24. The number of benzene rings is 1. The lowest BCUT2D eigenvalue weighted by atomic mass is 9.96. The molecule has 0 bridgehead atoms. The number of para-hydroxylation sites is 1. The fourth-order valence-corrected chi connectivity index (χ4v) is 3.74. The minimum Gasteiger partial charge on any atom is -0.452 e. The predicted octanol–water partition coefficient (Wildman–Crippen LogP) is 3.55. The number of halogens is 1. The molecule has 2 aromatic rings. The van der Waals surface area contributed by atoms with Crippen LogP contribution in [0.4, 0.5) is 4.79 Å². The van der Waals surface area contributed by atoms with E-state index in [9.17, 15) is 14.4 Å². The van der Waals surface area contributed by atoms with E-state index in [4.69, 9.17) is 16.3 Å². The lowest BCUT2D eigenvalue weighted by Crippen LogP contribution is -2.46. The minimum absolute atomic E-state index is 0.0804. The summed E-state index contributed by atoms with van der Waals surface area (Å²) in [4.78, 5) is 35.6. The quantitative estimate of drug-likeness (QED) is 0.524. The molecule has 0 unspecified atom stereocenters. The van der Waals surface area contributed by atoms with Crippen LogP contribution in [-0.4, -0.2) is 40.3 Å². The third kappa shape index (κ3) is 6.42. The van der Waals surface area contributed by atoms with Crippen molar-refractivity contribution in [3.8, 4) is 5.69 Å². The average molecular weight is 445 g/mol. The maximum Gasteiger partial charge on any atom is 0.331 e. The van der Waals surface area contributed by atoms with Crippen molar-refractivity contribution in [1.29, 1.82) is 0 Å². The number of carbonyl (C=O) groups is 3. The van der Waals surface area contributed by atoms with Crippen LogP contribution >= 0.6 is 11.6 Å². The summed E-state index contributed by atoms with van der Waals surface area (Å²) in [7, 11) is 0. The van der Waals surface area contributed by atoms with Crippen molar-refractivity contribution in [3.63, 3.8) is 0 Å². The third-order valence-electron chi connectivity index (χ3n) is 4.97. The number of aromatic nitrogens is 2. The van der Waals surface area contributed by atoms with Gasteiger partial charge >= 0.3 is 12.0 Å². The summed E-state index contributed by atoms with van der Waals surface area (Å²) in [6.45, 7) is 1.21. The third-order valence-corrected chi connectivity index (χ3v) is 5.34. The Balaban J connectivity index is 1.49. The van der Waals surface area contributed by atoms with Gasteiger partial charge in [-0.2, -0.15) is 5.10 Å². The Labute approximate surface area is 185 Å². The summed E-state index contributed by atoms with van der Waals surface area (Å²) in [5.41, 5.74) is 2.00. The Hall–Kier alpha value is -3.13. The second-order valence-electron chi connectivity index (χ2n) is 7.33. The molecule has 0 aliphatic heterocycles. The van der Waals surface area contributed by atoms with E-state index in [1.807, 2.05) is 30.3 Å². The molecule has 1 aromatic carbocycles. The number of ether oxygens (including phenoxy) is 1. The lowest BCUT2D eigenvalue weighted by Gasteiger charge is -2.22. The molecule has 31 heavy (non-hydrogen) atoms. The molecule has 0 saturated heterocycles. The van der Waals surface area contributed by atoms with Gasteiger partial charge in [0.15, 0.2) is 6.61 Å². The summed E-state index contributed by atoms with van der Waals surface area (Å²) in [6, 6.07) is 8.87. The van der Waals surface area contributed by atoms with Crippen LogP contribution in [0, 0.1) is 6.92 Å². The maximum absolute atomic E-state index is 12.0. The Morgan fingerprint density at radius 1 is 1.19 bits per heavy atom. The van der Waals surface area contributed by atoms with Crippen molar-refractivity contribution < 1.29 is 19.1 Å². The van der Waals surface area contributed by atoms with Crippen LogP contribution in [0.2, 0.25) is 5.15 Å². The second-order valence-corrected chi connectivity index (χ2v) is 7.69. The van der Waals surface area contributed by atoms with Crippen LogP contribution in [0.5, 0.6) is 0 Å². The van der Waals surface area contributed by atoms with Gasteiger partial charge in [0.25, 0.3) is 5.91 Å². The number of hydrogen-bond donors (Lipinski definition) is 2. The first-order valence-corrected chi connectivity index (χ1v) is 10.6. The predicted molar refractivity (Wildman–Crippen MR) is 117 cm³/mol. The van der Waals surface area contributed by atoms with Gasteiger partial charge in [0.2, 0.25) is 0 Å². The van der Waals surface area contributed by atoms with Crippen molar-refractivity contribution in [2.24, 2.45) is 0 Å². The van der Waals surface area contributed by atoms with Crippen LogP contribution in [-0.2, 0) is 14.3 Å². The number of nitrogens with zero attached hydrogens (tertiary/aromatic N) is 2. The van der Waals surface area contributed by atoms with E-state index in [2.05, 4.69) is 15.7 Å². The van der Waals surface area contributed by atoms with Gasteiger partial charge in [-0.1, -0.05) is 49.1 Å². The van der Waals surface area contributed by atoms with Gasteiger partial charge in [0, 0.05) is 17.7 Å². The first-order chi connectivity index (χ1) is 14.9. The highest BCUT2D eigenvalue weighted by molar-refractivity contribution is 6.31. The Morgan fingerprint density at radius 3 is 2.61 bits per heavy atom. The fraction of sp³-hybridized carbons (Fsp3) is 0.364. The molecule has 8 nitrogen and oxygen atoms in total. The average Bonchev–Trinajstić information content (AvgIpc) is 3.05. The van der Waals surface area contributed by atoms with Crippen LogP contribution in [0.15, 0.2) is 36.4 Å².